The highest BCUT2D eigenvalue weighted by Gasteiger charge is 2.29. The van der Waals surface area contributed by atoms with Gasteiger partial charge in [0, 0.05) is 33.3 Å². The van der Waals surface area contributed by atoms with Crippen molar-refractivity contribution in [3.05, 3.63) is 276 Å². The number of anilines is 6. The Labute approximate surface area is 437 Å². The lowest BCUT2D eigenvalue weighted by atomic mass is 9.90. The first-order chi connectivity index (χ1) is 37.4. The predicted molar refractivity (Wildman–Crippen MR) is 303 cm³/mol. The van der Waals surface area contributed by atoms with Gasteiger partial charge >= 0.3 is 0 Å². The first-order valence-electron chi connectivity index (χ1n) is 24.4. The molecule has 0 saturated carbocycles. The fraction of sp³-hybridized carbons (Fsp3) is 0. The van der Waals surface area contributed by atoms with Gasteiger partial charge in [0.25, 0.3) is 0 Å². The average molecular weight is 977 g/mol. The standard InChI is InChI=1S/C68H38F2N6/c1-73-61-27-15-13-25-53(61)48-38-57(52-24-12-10-18-46(52)42-72)67(60(70)40-48)75(49-19-5-3-6-20-49)63-35-31-43-30-34-56-64(36-32-44-29-33-55(63)65(43)66(44)56)76(50-21-7-4-8-22-50)68-58(54-26-14-16-28-62(54)74-2)37-47(39-59(68)69)51-23-11-9-17-45(51)41-71/h3-40H. The highest BCUT2D eigenvalue weighted by Crippen LogP contribution is 2.53. The highest BCUT2D eigenvalue weighted by molar-refractivity contribution is 6.28. The number of rotatable bonds is 10. The summed E-state index contributed by atoms with van der Waals surface area (Å²) in [6.07, 6.45) is 0. The van der Waals surface area contributed by atoms with E-state index < -0.39 is 11.6 Å². The van der Waals surface area contributed by atoms with E-state index in [-0.39, 0.29) is 11.4 Å². The molecule has 0 atom stereocenters. The van der Waals surface area contributed by atoms with Crippen molar-refractivity contribution in [2.45, 2.75) is 0 Å². The molecule has 0 aromatic heterocycles. The van der Waals surface area contributed by atoms with Crippen molar-refractivity contribution in [3.8, 4) is 56.6 Å². The second-order valence-electron chi connectivity index (χ2n) is 18.2. The van der Waals surface area contributed by atoms with Crippen molar-refractivity contribution in [2.24, 2.45) is 0 Å². The molecule has 6 nitrogen and oxygen atoms in total. The van der Waals surface area contributed by atoms with Crippen LogP contribution in [0.5, 0.6) is 0 Å². The Morgan fingerprint density at radius 1 is 0.368 bits per heavy atom. The van der Waals surface area contributed by atoms with Gasteiger partial charge in [-0.05, 0) is 128 Å². The van der Waals surface area contributed by atoms with Crippen LogP contribution < -0.4 is 9.80 Å². The highest BCUT2D eigenvalue weighted by atomic mass is 19.1. The summed E-state index contributed by atoms with van der Waals surface area (Å²) in [6.45, 7) is 16.2. The van der Waals surface area contributed by atoms with Gasteiger partial charge in [0.15, 0.2) is 11.4 Å². The number of hydrogen-bond donors (Lipinski definition) is 0. The van der Waals surface area contributed by atoms with Crippen LogP contribution in [0.2, 0.25) is 0 Å². The van der Waals surface area contributed by atoms with Crippen LogP contribution in [0, 0.1) is 47.4 Å². The molecule has 12 aromatic carbocycles. The zero-order valence-corrected chi connectivity index (χ0v) is 40.4. The summed E-state index contributed by atoms with van der Waals surface area (Å²) in [7, 11) is 0. The molecule has 0 spiro atoms. The maximum atomic E-state index is 18.0. The summed E-state index contributed by atoms with van der Waals surface area (Å²) in [5, 5.41) is 26.0. The van der Waals surface area contributed by atoms with E-state index >= 15 is 8.78 Å². The maximum Gasteiger partial charge on any atom is 0.194 e. The van der Waals surface area contributed by atoms with Crippen LogP contribution >= 0.6 is 0 Å². The van der Waals surface area contributed by atoms with Crippen LogP contribution in [-0.2, 0) is 0 Å². The molecular weight excluding hydrogens is 939 g/mol. The van der Waals surface area contributed by atoms with E-state index in [1.54, 1.807) is 60.7 Å². The summed E-state index contributed by atoms with van der Waals surface area (Å²) in [5.41, 5.74) is 8.65. The number of nitriles is 2. The fourth-order valence-corrected chi connectivity index (χ4v) is 10.7. The molecule has 0 bridgehead atoms. The third kappa shape index (κ3) is 7.76. The van der Waals surface area contributed by atoms with E-state index in [1.807, 2.05) is 143 Å². The smallest absolute Gasteiger partial charge is 0.194 e. The van der Waals surface area contributed by atoms with Crippen LogP contribution in [0.15, 0.2) is 231 Å². The zero-order chi connectivity index (χ0) is 51.9. The van der Waals surface area contributed by atoms with Crippen molar-refractivity contribution in [3.63, 3.8) is 0 Å². The first kappa shape index (κ1) is 46.2. The van der Waals surface area contributed by atoms with Gasteiger partial charge in [0.05, 0.1) is 59.2 Å². The third-order valence-corrected chi connectivity index (χ3v) is 14.0. The second-order valence-corrected chi connectivity index (χ2v) is 18.2. The summed E-state index contributed by atoms with van der Waals surface area (Å²) in [5.74, 6) is -1.12. The molecule has 8 heteroatoms. The summed E-state index contributed by atoms with van der Waals surface area (Å²) in [6, 6.07) is 75.2. The van der Waals surface area contributed by atoms with Crippen molar-refractivity contribution >= 4 is 77.8 Å². The molecule has 0 heterocycles. The lowest BCUT2D eigenvalue weighted by molar-refractivity contribution is 0.629. The number of nitrogens with zero attached hydrogens (tertiary/aromatic N) is 6. The van der Waals surface area contributed by atoms with Crippen LogP contribution in [0.4, 0.5) is 54.3 Å². The monoisotopic (exact) mass is 976 g/mol. The maximum absolute atomic E-state index is 18.0. The summed E-state index contributed by atoms with van der Waals surface area (Å²) >= 11 is 0. The van der Waals surface area contributed by atoms with Gasteiger partial charge in [-0.15, -0.1) is 0 Å². The minimum Gasteiger partial charge on any atom is -0.307 e. The van der Waals surface area contributed by atoms with E-state index in [1.165, 1.54) is 12.1 Å². The van der Waals surface area contributed by atoms with Crippen LogP contribution in [0.3, 0.4) is 0 Å². The molecule has 0 radical (unpaired) electrons. The molecule has 76 heavy (non-hydrogen) atoms. The van der Waals surface area contributed by atoms with Crippen LogP contribution in [-0.4, -0.2) is 0 Å². The molecule has 12 aromatic rings. The molecule has 0 unspecified atom stereocenters. The topological polar surface area (TPSA) is 62.8 Å². The van der Waals surface area contributed by atoms with Crippen molar-refractivity contribution in [1.82, 2.24) is 0 Å². The molecule has 0 aliphatic rings. The molecule has 0 fully saturated rings. The lowest BCUT2D eigenvalue weighted by Crippen LogP contribution is -2.15. The van der Waals surface area contributed by atoms with E-state index in [9.17, 15) is 10.5 Å². The average Bonchev–Trinajstić information content (AvgIpc) is 3.51. The van der Waals surface area contributed by atoms with Gasteiger partial charge in [-0.3, -0.25) is 0 Å². The third-order valence-electron chi connectivity index (χ3n) is 14.0. The molecule has 354 valence electrons. The fourth-order valence-electron chi connectivity index (χ4n) is 10.7. The van der Waals surface area contributed by atoms with Gasteiger partial charge < -0.3 is 9.80 Å². The Kier molecular flexibility index (Phi) is 11.7. The van der Waals surface area contributed by atoms with Crippen LogP contribution in [0.1, 0.15) is 11.1 Å². The molecule has 12 rings (SSSR count). The van der Waals surface area contributed by atoms with E-state index in [4.69, 9.17) is 13.1 Å². The largest absolute Gasteiger partial charge is 0.307 e. The van der Waals surface area contributed by atoms with Crippen molar-refractivity contribution in [1.29, 1.82) is 10.5 Å². The normalized spacial score (nSPS) is 11.0. The lowest BCUT2D eigenvalue weighted by Gasteiger charge is -2.32. The van der Waals surface area contributed by atoms with Gasteiger partial charge in [0.2, 0.25) is 0 Å². The minimum atomic E-state index is -0.560. The Morgan fingerprint density at radius 2 is 0.750 bits per heavy atom. The van der Waals surface area contributed by atoms with E-state index in [0.717, 1.165) is 32.3 Å². The zero-order valence-electron chi connectivity index (χ0n) is 40.4. The van der Waals surface area contributed by atoms with Gasteiger partial charge in [0.1, 0.15) is 11.6 Å². The first-order valence-corrected chi connectivity index (χ1v) is 24.4. The quantitative estimate of drug-likeness (QED) is 0.101. The molecule has 0 aliphatic heterocycles. The molecule has 0 amide bonds. The second kappa shape index (κ2) is 19.3. The number of halogens is 2. The van der Waals surface area contributed by atoms with Crippen molar-refractivity contribution < 1.29 is 8.78 Å². The Hall–Kier alpha value is -10.9. The Morgan fingerprint density at radius 3 is 1.25 bits per heavy atom. The van der Waals surface area contributed by atoms with E-state index in [2.05, 4.69) is 46.1 Å². The molecule has 0 aliphatic carbocycles. The van der Waals surface area contributed by atoms with E-state index in [0.29, 0.717) is 89.8 Å². The predicted octanol–water partition coefficient (Wildman–Crippen LogP) is 19.3. The molecule has 0 saturated heterocycles. The van der Waals surface area contributed by atoms with Gasteiger partial charge in [-0.2, -0.15) is 10.5 Å². The molecule has 0 N–H and O–H groups in total. The van der Waals surface area contributed by atoms with Gasteiger partial charge in [-0.25, -0.2) is 18.5 Å². The summed E-state index contributed by atoms with van der Waals surface area (Å²) < 4.78 is 35.9. The Bertz CT molecular complexity index is 4160. The van der Waals surface area contributed by atoms with Gasteiger partial charge in [-0.1, -0.05) is 158 Å². The number of benzene rings is 12. The van der Waals surface area contributed by atoms with Crippen LogP contribution in [0.25, 0.3) is 86.5 Å². The number of para-hydroxylation sites is 4. The Balaban J connectivity index is 1.14. The van der Waals surface area contributed by atoms with Crippen molar-refractivity contribution in [2.75, 3.05) is 9.80 Å². The summed E-state index contributed by atoms with van der Waals surface area (Å²) in [4.78, 5) is 11.5. The minimum absolute atomic E-state index is 0.215. The SMILES string of the molecule is [C-]#[N+]c1ccccc1-c1cc(F)c(N(c2ccccc2)c2ccc3ccc4c(N(c5ccccc5)c5c(F)cc(-c6ccccc6C#N)cc5-c5ccccc5[N+]#[C-])ccc5ccc2c3c54)c(-c2ccccc2C#N)c1. The molecular formula is C68H38F2N6. The number of hydrogen-bond acceptors (Lipinski definition) is 4.